The molecule has 33 heavy (non-hydrogen) atoms. The lowest BCUT2D eigenvalue weighted by Gasteiger charge is -2.37. The fourth-order valence-corrected chi connectivity index (χ4v) is 4.34. The number of fused-ring (bicyclic) bond motifs is 2. The molecule has 4 rings (SSSR count). The van der Waals surface area contributed by atoms with Crippen molar-refractivity contribution in [2.45, 2.75) is 25.6 Å². The standard InChI is InChI=1S/C21H18F4N4O4/c1-10-6-12(21(23,24)25)8-15(26-10)29-16(30)7-11-9-28(20(32)33)18-13(22)4-3-5-14(18)27(2)19(31)17(11)29/h3-6,8,11,17H,7,9H2,1-2H3,(H,32,33)/t11-,17+/m1/s1. The molecule has 2 atom stereocenters. The quantitative estimate of drug-likeness (QED) is 0.650. The van der Waals surface area contributed by atoms with Gasteiger partial charge >= 0.3 is 12.3 Å². The molecule has 1 N–H and O–H groups in total. The molecule has 12 heteroatoms. The molecule has 174 valence electrons. The minimum absolute atomic E-state index is 0.0118. The van der Waals surface area contributed by atoms with Crippen LogP contribution in [0.25, 0.3) is 0 Å². The highest BCUT2D eigenvalue weighted by molar-refractivity contribution is 6.11. The monoisotopic (exact) mass is 466 g/mol. The first-order valence-electron chi connectivity index (χ1n) is 9.84. The van der Waals surface area contributed by atoms with Gasteiger partial charge in [-0.2, -0.15) is 13.2 Å². The number of aromatic nitrogens is 1. The first kappa shape index (κ1) is 22.5. The highest BCUT2D eigenvalue weighted by Crippen LogP contribution is 2.41. The molecule has 1 aromatic carbocycles. The fraction of sp³-hybridized carbons (Fsp3) is 0.333. The number of alkyl halides is 3. The third-order valence-electron chi connectivity index (χ3n) is 5.77. The van der Waals surface area contributed by atoms with Gasteiger partial charge in [0.2, 0.25) is 11.8 Å². The van der Waals surface area contributed by atoms with E-state index in [1.54, 1.807) is 0 Å². The molecular formula is C21H18F4N4O4. The molecule has 1 fully saturated rings. The summed E-state index contributed by atoms with van der Waals surface area (Å²) in [7, 11) is 1.29. The number of likely N-dealkylation sites (N-methyl/N-ethyl adjacent to an activating group) is 1. The third-order valence-corrected chi connectivity index (χ3v) is 5.77. The summed E-state index contributed by atoms with van der Waals surface area (Å²) in [6.45, 7) is 0.918. The second-order valence-corrected chi connectivity index (χ2v) is 7.92. The minimum Gasteiger partial charge on any atom is -0.465 e. The number of rotatable bonds is 1. The average Bonchev–Trinajstić information content (AvgIpc) is 3.04. The summed E-state index contributed by atoms with van der Waals surface area (Å²) in [6.07, 6.45) is -6.53. The van der Waals surface area contributed by atoms with Crippen LogP contribution in [-0.4, -0.2) is 47.6 Å². The molecular weight excluding hydrogens is 448 g/mol. The third kappa shape index (κ3) is 3.74. The lowest BCUT2D eigenvalue weighted by Crippen LogP contribution is -2.53. The zero-order valence-electron chi connectivity index (χ0n) is 17.4. The van der Waals surface area contributed by atoms with Crippen molar-refractivity contribution >= 4 is 35.1 Å². The Balaban J connectivity index is 1.86. The van der Waals surface area contributed by atoms with Crippen LogP contribution in [0.2, 0.25) is 0 Å². The van der Waals surface area contributed by atoms with Crippen LogP contribution in [0, 0.1) is 18.7 Å². The van der Waals surface area contributed by atoms with Crippen LogP contribution < -0.4 is 14.7 Å². The first-order chi connectivity index (χ1) is 15.4. The topological polar surface area (TPSA) is 94.0 Å². The van der Waals surface area contributed by atoms with Crippen LogP contribution in [0.5, 0.6) is 0 Å². The van der Waals surface area contributed by atoms with Crippen LogP contribution >= 0.6 is 0 Å². The zero-order chi connectivity index (χ0) is 24.2. The summed E-state index contributed by atoms with van der Waals surface area (Å²) in [6, 6.07) is 3.87. The second kappa shape index (κ2) is 7.71. The van der Waals surface area contributed by atoms with Gasteiger partial charge in [-0.25, -0.2) is 14.2 Å². The van der Waals surface area contributed by atoms with E-state index >= 15 is 0 Å². The van der Waals surface area contributed by atoms with Crippen molar-refractivity contribution in [3.63, 3.8) is 0 Å². The normalized spacial score (nSPS) is 21.0. The number of nitrogens with zero attached hydrogens (tertiary/aromatic N) is 4. The largest absolute Gasteiger partial charge is 0.465 e. The van der Waals surface area contributed by atoms with E-state index < -0.39 is 54.0 Å². The van der Waals surface area contributed by atoms with Gasteiger partial charge in [0.05, 0.1) is 11.3 Å². The van der Waals surface area contributed by atoms with Gasteiger partial charge < -0.3 is 10.0 Å². The van der Waals surface area contributed by atoms with Crippen molar-refractivity contribution in [3.05, 3.63) is 47.4 Å². The molecule has 0 bridgehead atoms. The smallest absolute Gasteiger partial charge is 0.416 e. The van der Waals surface area contributed by atoms with E-state index in [1.807, 2.05) is 0 Å². The Bertz CT molecular complexity index is 1170. The second-order valence-electron chi connectivity index (χ2n) is 7.92. The van der Waals surface area contributed by atoms with Crippen molar-refractivity contribution in [3.8, 4) is 0 Å². The molecule has 0 saturated carbocycles. The van der Waals surface area contributed by atoms with Crippen molar-refractivity contribution in [1.82, 2.24) is 4.98 Å². The van der Waals surface area contributed by atoms with Gasteiger partial charge in [0.25, 0.3) is 0 Å². The van der Waals surface area contributed by atoms with E-state index in [-0.39, 0.29) is 29.3 Å². The SMILES string of the molecule is Cc1cc(C(F)(F)F)cc(N2C(=O)C[C@@H]3CN(C(=O)O)c4c(F)cccc4N(C)C(=O)[C@H]32)n1. The number of pyridine rings is 1. The van der Waals surface area contributed by atoms with E-state index in [0.29, 0.717) is 11.0 Å². The molecule has 3 amide bonds. The summed E-state index contributed by atoms with van der Waals surface area (Å²) in [5.74, 6) is -3.55. The summed E-state index contributed by atoms with van der Waals surface area (Å²) in [5, 5.41) is 9.73. The number of hydrogen-bond donors (Lipinski definition) is 1. The number of carbonyl (C=O) groups excluding carboxylic acids is 2. The number of benzene rings is 1. The van der Waals surface area contributed by atoms with Gasteiger partial charge in [-0.1, -0.05) is 6.07 Å². The molecule has 2 aliphatic heterocycles. The molecule has 8 nitrogen and oxygen atoms in total. The number of para-hydroxylation sites is 1. The van der Waals surface area contributed by atoms with Gasteiger partial charge in [0, 0.05) is 31.6 Å². The maximum atomic E-state index is 14.6. The number of carboxylic acid groups (broad SMARTS) is 1. The summed E-state index contributed by atoms with van der Waals surface area (Å²) < 4.78 is 54.7. The summed E-state index contributed by atoms with van der Waals surface area (Å²) in [4.78, 5) is 44.9. The molecule has 0 aliphatic carbocycles. The van der Waals surface area contributed by atoms with E-state index in [1.165, 1.54) is 26.1 Å². The van der Waals surface area contributed by atoms with E-state index in [9.17, 15) is 37.1 Å². The minimum atomic E-state index is -4.71. The fourth-order valence-electron chi connectivity index (χ4n) is 4.34. The van der Waals surface area contributed by atoms with E-state index in [0.717, 1.165) is 21.9 Å². The lowest BCUT2D eigenvalue weighted by atomic mass is 9.96. The Morgan fingerprint density at radius 3 is 2.55 bits per heavy atom. The van der Waals surface area contributed by atoms with Crippen molar-refractivity contribution < 1.29 is 37.1 Å². The summed E-state index contributed by atoms with van der Waals surface area (Å²) in [5.41, 5.74) is -1.43. The Morgan fingerprint density at radius 2 is 1.91 bits per heavy atom. The average molecular weight is 466 g/mol. The maximum absolute atomic E-state index is 14.6. The van der Waals surface area contributed by atoms with Gasteiger partial charge in [-0.3, -0.25) is 19.4 Å². The van der Waals surface area contributed by atoms with Gasteiger partial charge in [0.1, 0.15) is 23.4 Å². The highest BCUT2D eigenvalue weighted by Gasteiger charge is 2.50. The number of hydrogen-bond acceptors (Lipinski definition) is 4. The maximum Gasteiger partial charge on any atom is 0.416 e. The van der Waals surface area contributed by atoms with Gasteiger partial charge in [-0.05, 0) is 31.2 Å². The Labute approximate surface area is 185 Å². The van der Waals surface area contributed by atoms with E-state index in [4.69, 9.17) is 0 Å². The Kier molecular flexibility index (Phi) is 5.26. The number of aryl methyl sites for hydroxylation is 1. The Morgan fingerprint density at radius 1 is 1.21 bits per heavy atom. The molecule has 0 unspecified atom stereocenters. The Hall–Kier alpha value is -3.70. The van der Waals surface area contributed by atoms with Crippen LogP contribution in [-0.2, 0) is 15.8 Å². The molecule has 2 aliphatic rings. The van der Waals surface area contributed by atoms with Crippen molar-refractivity contribution in [2.24, 2.45) is 5.92 Å². The first-order valence-corrected chi connectivity index (χ1v) is 9.84. The predicted molar refractivity (Wildman–Crippen MR) is 109 cm³/mol. The van der Waals surface area contributed by atoms with Crippen molar-refractivity contribution in [1.29, 1.82) is 0 Å². The molecule has 1 saturated heterocycles. The van der Waals surface area contributed by atoms with E-state index in [2.05, 4.69) is 4.98 Å². The molecule has 3 heterocycles. The highest BCUT2D eigenvalue weighted by atomic mass is 19.4. The number of amides is 3. The van der Waals surface area contributed by atoms with Crippen LogP contribution in [0.1, 0.15) is 17.7 Å². The van der Waals surface area contributed by atoms with Gasteiger partial charge in [-0.15, -0.1) is 0 Å². The van der Waals surface area contributed by atoms with Crippen LogP contribution in [0.15, 0.2) is 30.3 Å². The van der Waals surface area contributed by atoms with Crippen LogP contribution in [0.4, 0.5) is 39.5 Å². The lowest BCUT2D eigenvalue weighted by molar-refractivity contribution is -0.137. The molecule has 0 spiro atoms. The molecule has 0 radical (unpaired) electrons. The zero-order valence-corrected chi connectivity index (χ0v) is 17.4. The predicted octanol–water partition coefficient (Wildman–Crippen LogP) is 3.43. The molecule has 1 aromatic heterocycles. The summed E-state index contributed by atoms with van der Waals surface area (Å²) >= 11 is 0. The van der Waals surface area contributed by atoms with Crippen LogP contribution in [0.3, 0.4) is 0 Å². The van der Waals surface area contributed by atoms with Gasteiger partial charge in [0.15, 0.2) is 0 Å². The van der Waals surface area contributed by atoms with Crippen molar-refractivity contribution in [2.75, 3.05) is 28.3 Å². The number of halogens is 4. The number of anilines is 3. The molecule has 2 aromatic rings. The number of carbonyl (C=O) groups is 3.